The average Bonchev–Trinajstić information content (AvgIpc) is 3.95. The fourth-order valence-corrected chi connectivity index (χ4v) is 8.35. The average molecular weight is 1170 g/mol. The molecule has 0 spiro atoms. The van der Waals surface area contributed by atoms with Crippen LogP contribution in [0.5, 0.6) is 0 Å². The van der Waals surface area contributed by atoms with Gasteiger partial charge in [0, 0.05) is 37.7 Å². The summed E-state index contributed by atoms with van der Waals surface area (Å²) in [6.45, 7) is 9.18. The summed E-state index contributed by atoms with van der Waals surface area (Å²) in [5.74, 6) is -10.4. The van der Waals surface area contributed by atoms with E-state index in [1.165, 1.54) is 38.1 Å². The van der Waals surface area contributed by atoms with Gasteiger partial charge < -0.3 is 85.4 Å². The van der Waals surface area contributed by atoms with E-state index in [4.69, 9.17) is 22.3 Å². The summed E-state index contributed by atoms with van der Waals surface area (Å²) < 4.78 is 0. The van der Waals surface area contributed by atoms with Gasteiger partial charge in [-0.05, 0) is 81.8 Å². The van der Waals surface area contributed by atoms with Crippen LogP contribution < -0.4 is 65.1 Å². The van der Waals surface area contributed by atoms with E-state index in [0.717, 1.165) is 0 Å². The number of amides is 9. The Morgan fingerprint density at radius 2 is 1.13 bits per heavy atom. The summed E-state index contributed by atoms with van der Waals surface area (Å²) in [6.07, 6.45) is 2.34. The number of benzene rings is 1. The number of guanidine groups is 1. The van der Waals surface area contributed by atoms with Crippen molar-refractivity contribution in [3.05, 3.63) is 54.1 Å². The highest BCUT2D eigenvalue weighted by molar-refractivity contribution is 7.98. The number of nitrogens with two attached hydrogens (primary N) is 3. The minimum absolute atomic E-state index is 0.0373. The van der Waals surface area contributed by atoms with Crippen LogP contribution in [0.2, 0.25) is 0 Å². The standard InChI is InChI=1S/C52H83N15O14S/c1-27(2)20-36(49(78)66-39(23-32-24-56-26-59-32)44(73)58-25-40(69)61-34(17-19-82-7)46(75)63-35(51(80)81)15-16-41(70)71)64-43(72)29(5)60-47(76)38(22-31-12-9-8-10-13-31)65-45(74)33(14-11-18-57-52(54)55)62-48(77)37(21-28(3)4)67-50(79)42(53)30(6)68/h8-10,12-13,24,26-30,33-39,42,68H,11,14-23,25,53H2,1-7H3,(H,56,59)(H,58,73)(H,60,76)(H,61,69)(H,62,77)(H,63,75)(H,64,72)(H,65,74)(H,66,78)(H,67,79)(H,70,71)(H,80,81)(H4,54,55,57)/t29-,30+,33-,34-,35-,36-,37-,38-,39-,42-/m0/s1. The number of rotatable bonds is 38. The van der Waals surface area contributed by atoms with Crippen molar-refractivity contribution in [1.29, 1.82) is 0 Å². The molecule has 9 amide bonds. The largest absolute Gasteiger partial charge is 0.481 e. The van der Waals surface area contributed by atoms with Crippen LogP contribution in [0.3, 0.4) is 0 Å². The number of aliphatic hydroxyl groups is 1. The van der Waals surface area contributed by atoms with Crippen molar-refractivity contribution < 1.29 is 68.1 Å². The number of carboxylic acids is 2. The van der Waals surface area contributed by atoms with Gasteiger partial charge in [-0.3, -0.25) is 52.9 Å². The fourth-order valence-electron chi connectivity index (χ4n) is 7.88. The van der Waals surface area contributed by atoms with E-state index in [2.05, 4.69) is 62.8 Å². The van der Waals surface area contributed by atoms with Gasteiger partial charge >= 0.3 is 11.9 Å². The number of thioether (sulfide) groups is 1. The number of H-pyrrole nitrogens is 1. The number of aliphatic imine (C=N–C) groups is 1. The van der Waals surface area contributed by atoms with E-state index in [1.54, 1.807) is 64.3 Å². The molecule has 2 aromatic rings. The Bertz CT molecular complexity index is 2460. The SMILES string of the molecule is CSCC[C@H](NC(=O)CNC(=O)[C@H](Cc1cnc[nH]1)NC(=O)[C@H](CC(C)C)NC(=O)[C@H](C)NC(=O)[C@H](Cc1ccccc1)NC(=O)[C@H](CCCN=C(N)N)NC(=O)[C@H](CC(C)C)NC(=O)[C@@H](N)[C@@H](C)O)C(=O)N[C@@H](CCC(=O)O)C(=O)O. The fraction of sp³-hybridized carbons (Fsp3) is 0.596. The minimum atomic E-state index is -1.56. The molecule has 0 saturated heterocycles. The first-order valence-electron chi connectivity index (χ1n) is 26.7. The number of nitrogens with one attached hydrogen (secondary N) is 10. The number of carbonyl (C=O) groups is 11. The molecule has 456 valence electrons. The van der Waals surface area contributed by atoms with Gasteiger partial charge in [-0.15, -0.1) is 0 Å². The molecule has 1 heterocycles. The monoisotopic (exact) mass is 1170 g/mol. The highest BCUT2D eigenvalue weighted by Gasteiger charge is 2.35. The van der Waals surface area contributed by atoms with Gasteiger partial charge in [-0.25, -0.2) is 9.78 Å². The maximum Gasteiger partial charge on any atom is 0.326 e. The lowest BCUT2D eigenvalue weighted by Gasteiger charge is -2.28. The van der Waals surface area contributed by atoms with Gasteiger partial charge in [0.15, 0.2) is 5.96 Å². The van der Waals surface area contributed by atoms with Gasteiger partial charge in [0.25, 0.3) is 0 Å². The number of aromatic amines is 1. The highest BCUT2D eigenvalue weighted by atomic mass is 32.2. The number of carbonyl (C=O) groups excluding carboxylic acids is 9. The minimum Gasteiger partial charge on any atom is -0.481 e. The molecular weight excluding hydrogens is 1090 g/mol. The van der Waals surface area contributed by atoms with Crippen LogP contribution in [0.4, 0.5) is 0 Å². The highest BCUT2D eigenvalue weighted by Crippen LogP contribution is 2.12. The molecule has 19 N–H and O–H groups in total. The molecule has 1 aromatic carbocycles. The summed E-state index contributed by atoms with van der Waals surface area (Å²) in [5, 5.41) is 51.4. The van der Waals surface area contributed by atoms with Crippen molar-refractivity contribution in [2.45, 2.75) is 160 Å². The van der Waals surface area contributed by atoms with Gasteiger partial charge in [-0.1, -0.05) is 58.0 Å². The predicted octanol–water partition coefficient (Wildman–Crippen LogP) is -3.23. The molecular formula is C52H83N15O14S. The van der Waals surface area contributed by atoms with Gasteiger partial charge in [0.2, 0.25) is 53.2 Å². The molecule has 0 fully saturated rings. The van der Waals surface area contributed by atoms with E-state index in [-0.39, 0.29) is 69.3 Å². The maximum atomic E-state index is 14.3. The van der Waals surface area contributed by atoms with E-state index >= 15 is 0 Å². The number of aromatic nitrogens is 2. The molecule has 2 rings (SSSR count). The molecule has 0 saturated carbocycles. The Kier molecular flexibility index (Phi) is 31.3. The zero-order valence-corrected chi connectivity index (χ0v) is 48.1. The third kappa shape index (κ3) is 27.1. The molecule has 30 heteroatoms. The summed E-state index contributed by atoms with van der Waals surface area (Å²) in [4.78, 5) is 157. The molecule has 0 radical (unpaired) electrons. The smallest absolute Gasteiger partial charge is 0.326 e. The van der Waals surface area contributed by atoms with E-state index in [9.17, 15) is 63.0 Å². The number of aliphatic hydroxyl groups excluding tert-OH is 1. The van der Waals surface area contributed by atoms with Crippen molar-refractivity contribution >= 4 is 82.8 Å². The van der Waals surface area contributed by atoms with E-state index < -0.39 is 145 Å². The quantitative estimate of drug-likeness (QED) is 0.0179. The summed E-state index contributed by atoms with van der Waals surface area (Å²) >= 11 is 1.33. The van der Waals surface area contributed by atoms with Crippen molar-refractivity contribution in [2.24, 2.45) is 34.0 Å². The summed E-state index contributed by atoms with van der Waals surface area (Å²) in [7, 11) is 0. The Labute approximate surface area is 480 Å². The normalized spacial score (nSPS) is 14.8. The molecule has 0 bridgehead atoms. The lowest BCUT2D eigenvalue weighted by atomic mass is 10.0. The first kappa shape index (κ1) is 70.2. The number of imidazole rings is 1. The van der Waals surface area contributed by atoms with Gasteiger partial charge in [-0.2, -0.15) is 11.8 Å². The Hall–Kier alpha value is -7.86. The van der Waals surface area contributed by atoms with E-state index in [1.807, 2.05) is 0 Å². The predicted molar refractivity (Wildman–Crippen MR) is 303 cm³/mol. The molecule has 0 aliphatic rings. The summed E-state index contributed by atoms with van der Waals surface area (Å²) in [6, 6.07) is -3.51. The molecule has 10 atom stereocenters. The van der Waals surface area contributed by atoms with Crippen molar-refractivity contribution in [3.8, 4) is 0 Å². The van der Waals surface area contributed by atoms with Crippen molar-refractivity contribution in [3.63, 3.8) is 0 Å². The number of aliphatic carboxylic acids is 2. The lowest BCUT2D eigenvalue weighted by Crippen LogP contribution is -2.60. The maximum absolute atomic E-state index is 14.3. The van der Waals surface area contributed by atoms with Crippen LogP contribution >= 0.6 is 11.8 Å². The zero-order valence-electron chi connectivity index (χ0n) is 47.3. The lowest BCUT2D eigenvalue weighted by molar-refractivity contribution is -0.143. The number of hydrogen-bond donors (Lipinski definition) is 16. The van der Waals surface area contributed by atoms with Gasteiger partial charge in [0.05, 0.1) is 19.0 Å². The van der Waals surface area contributed by atoms with Crippen LogP contribution in [0.25, 0.3) is 0 Å². The number of carboxylic acid groups (broad SMARTS) is 2. The molecule has 0 unspecified atom stereocenters. The van der Waals surface area contributed by atoms with Crippen LogP contribution in [0.15, 0.2) is 47.8 Å². The van der Waals surface area contributed by atoms with E-state index in [0.29, 0.717) is 17.0 Å². The number of nitrogens with zero attached hydrogens (tertiary/aromatic N) is 2. The molecule has 0 aliphatic carbocycles. The molecule has 1 aromatic heterocycles. The van der Waals surface area contributed by atoms with Crippen molar-refractivity contribution in [1.82, 2.24) is 57.8 Å². The topological polar surface area (TPSA) is 476 Å². The van der Waals surface area contributed by atoms with Gasteiger partial charge in [0.1, 0.15) is 54.4 Å². The second-order valence-electron chi connectivity index (χ2n) is 20.4. The van der Waals surface area contributed by atoms with Crippen LogP contribution in [0.1, 0.15) is 97.7 Å². The molecule has 0 aliphatic heterocycles. The molecule has 29 nitrogen and oxygen atoms in total. The third-order valence-electron chi connectivity index (χ3n) is 12.3. The molecule has 82 heavy (non-hydrogen) atoms. The first-order valence-corrected chi connectivity index (χ1v) is 28.1. The first-order chi connectivity index (χ1) is 38.6. The third-order valence-corrected chi connectivity index (χ3v) is 13.0. The zero-order chi connectivity index (χ0) is 61.6. The Morgan fingerprint density at radius 3 is 1.65 bits per heavy atom. The Balaban J connectivity index is 2.35. The van der Waals surface area contributed by atoms with Crippen LogP contribution in [-0.2, 0) is 65.6 Å². The van der Waals surface area contributed by atoms with Crippen LogP contribution in [-0.4, -0.2) is 182 Å². The van der Waals surface area contributed by atoms with Crippen LogP contribution in [0, 0.1) is 11.8 Å². The Morgan fingerprint density at radius 1 is 0.622 bits per heavy atom. The number of hydrogen-bond acceptors (Lipinski definition) is 16. The summed E-state index contributed by atoms with van der Waals surface area (Å²) in [5.41, 5.74) is 17.8. The second kappa shape index (κ2) is 36.5. The second-order valence-corrected chi connectivity index (χ2v) is 21.4. The van der Waals surface area contributed by atoms with Crippen molar-refractivity contribution in [2.75, 3.05) is 25.1 Å².